The molecule has 0 aromatic heterocycles. The molecule has 110 valence electrons. The maximum atomic E-state index is 13.5. The van der Waals surface area contributed by atoms with Gasteiger partial charge in [0.1, 0.15) is 17.4 Å². The van der Waals surface area contributed by atoms with E-state index >= 15 is 0 Å². The molecule has 0 radical (unpaired) electrons. The van der Waals surface area contributed by atoms with Gasteiger partial charge in [0.05, 0.1) is 10.5 Å². The standard InChI is InChI=1S/C14H9BrF2O3S/c15-9-3-1-4-10(7-9)21(19,20)8-13(18)14-11(16)5-2-6-12(14)17/h1-7H,8H2. The zero-order valence-corrected chi connectivity index (χ0v) is 12.9. The smallest absolute Gasteiger partial charge is 0.185 e. The Morgan fingerprint density at radius 3 is 2.19 bits per heavy atom. The fourth-order valence-electron chi connectivity index (χ4n) is 1.75. The molecule has 0 aliphatic rings. The Morgan fingerprint density at radius 1 is 1.05 bits per heavy atom. The van der Waals surface area contributed by atoms with E-state index in [1.807, 2.05) is 0 Å². The van der Waals surface area contributed by atoms with E-state index in [1.54, 1.807) is 6.07 Å². The number of ketones is 1. The molecule has 21 heavy (non-hydrogen) atoms. The first-order valence-electron chi connectivity index (χ1n) is 5.77. The summed E-state index contributed by atoms with van der Waals surface area (Å²) in [7, 11) is -3.98. The Labute approximate surface area is 128 Å². The first kappa shape index (κ1) is 15.8. The van der Waals surface area contributed by atoms with Gasteiger partial charge in [-0.2, -0.15) is 0 Å². The molecule has 0 aliphatic carbocycles. The SMILES string of the molecule is O=C(CS(=O)(=O)c1cccc(Br)c1)c1c(F)cccc1F. The second kappa shape index (κ2) is 6.03. The number of benzene rings is 2. The summed E-state index contributed by atoms with van der Waals surface area (Å²) in [4.78, 5) is 11.8. The molecule has 0 atom stereocenters. The number of hydrogen-bond acceptors (Lipinski definition) is 3. The second-order valence-electron chi connectivity index (χ2n) is 4.24. The maximum absolute atomic E-state index is 13.5. The molecule has 2 aromatic carbocycles. The number of carbonyl (C=O) groups is 1. The van der Waals surface area contributed by atoms with Crippen LogP contribution in [0.2, 0.25) is 0 Å². The first-order chi connectivity index (χ1) is 9.81. The molecule has 0 fully saturated rings. The van der Waals surface area contributed by atoms with Crippen molar-refractivity contribution in [3.63, 3.8) is 0 Å². The molecule has 0 bridgehead atoms. The second-order valence-corrected chi connectivity index (χ2v) is 7.14. The van der Waals surface area contributed by atoms with Crippen LogP contribution in [0.1, 0.15) is 10.4 Å². The minimum absolute atomic E-state index is 0.0954. The van der Waals surface area contributed by atoms with Crippen molar-refractivity contribution >= 4 is 31.6 Å². The van der Waals surface area contributed by atoms with E-state index in [2.05, 4.69) is 15.9 Å². The Balaban J connectivity index is 2.35. The quantitative estimate of drug-likeness (QED) is 0.770. The van der Waals surface area contributed by atoms with Gasteiger partial charge in [0.2, 0.25) is 0 Å². The third-order valence-electron chi connectivity index (χ3n) is 2.72. The highest BCUT2D eigenvalue weighted by Gasteiger charge is 2.24. The van der Waals surface area contributed by atoms with Gasteiger partial charge in [-0.3, -0.25) is 4.79 Å². The maximum Gasteiger partial charge on any atom is 0.185 e. The molecule has 7 heteroatoms. The van der Waals surface area contributed by atoms with Gasteiger partial charge in [0.15, 0.2) is 15.6 Å². The van der Waals surface area contributed by atoms with Gasteiger partial charge in [-0.05, 0) is 30.3 Å². The van der Waals surface area contributed by atoms with E-state index in [0.717, 1.165) is 18.2 Å². The Hall–Kier alpha value is -1.60. The summed E-state index contributed by atoms with van der Waals surface area (Å²) in [6.07, 6.45) is 0. The molecule has 0 N–H and O–H groups in total. The van der Waals surface area contributed by atoms with Gasteiger partial charge in [0, 0.05) is 4.47 Å². The number of sulfone groups is 1. The lowest BCUT2D eigenvalue weighted by molar-refractivity contribution is 0.101. The molecule has 0 heterocycles. The van der Waals surface area contributed by atoms with Crippen LogP contribution in [0.3, 0.4) is 0 Å². The summed E-state index contributed by atoms with van der Waals surface area (Å²) in [5.74, 6) is -4.28. The zero-order chi connectivity index (χ0) is 15.6. The van der Waals surface area contributed by atoms with E-state index in [9.17, 15) is 22.0 Å². The van der Waals surface area contributed by atoms with Crippen LogP contribution >= 0.6 is 15.9 Å². The summed E-state index contributed by atoms with van der Waals surface area (Å²) in [5.41, 5.74) is -0.837. The summed E-state index contributed by atoms with van der Waals surface area (Å²) >= 11 is 3.12. The monoisotopic (exact) mass is 374 g/mol. The lowest BCUT2D eigenvalue weighted by Crippen LogP contribution is -2.18. The van der Waals surface area contributed by atoms with Crippen LogP contribution in [0.15, 0.2) is 51.8 Å². The summed E-state index contributed by atoms with van der Waals surface area (Å²) in [5, 5.41) is 0. The Morgan fingerprint density at radius 2 is 1.62 bits per heavy atom. The number of rotatable bonds is 4. The molecule has 0 saturated heterocycles. The normalized spacial score (nSPS) is 11.4. The molecule has 0 amide bonds. The predicted molar refractivity (Wildman–Crippen MR) is 76.9 cm³/mol. The Bertz CT molecular complexity index is 783. The highest BCUT2D eigenvalue weighted by Crippen LogP contribution is 2.20. The van der Waals surface area contributed by atoms with Crippen molar-refractivity contribution in [2.45, 2.75) is 4.90 Å². The number of Topliss-reactive ketones (excluding diaryl/α,β-unsaturated/α-hetero) is 1. The van der Waals surface area contributed by atoms with Crippen LogP contribution in [0.25, 0.3) is 0 Å². The lowest BCUT2D eigenvalue weighted by Gasteiger charge is -2.06. The van der Waals surface area contributed by atoms with E-state index in [0.29, 0.717) is 4.47 Å². The minimum atomic E-state index is -3.98. The zero-order valence-electron chi connectivity index (χ0n) is 10.5. The number of hydrogen-bond donors (Lipinski definition) is 0. The Kier molecular flexibility index (Phi) is 4.53. The molecule has 0 aliphatic heterocycles. The van der Waals surface area contributed by atoms with Crippen LogP contribution in [0, 0.1) is 11.6 Å². The van der Waals surface area contributed by atoms with Crippen molar-refractivity contribution in [2.24, 2.45) is 0 Å². The minimum Gasteiger partial charge on any atom is -0.293 e. The molecule has 2 aromatic rings. The van der Waals surface area contributed by atoms with Gasteiger partial charge in [-0.1, -0.05) is 28.1 Å². The van der Waals surface area contributed by atoms with Crippen molar-refractivity contribution in [3.8, 4) is 0 Å². The highest BCUT2D eigenvalue weighted by molar-refractivity contribution is 9.10. The fraction of sp³-hybridized carbons (Fsp3) is 0.0714. The average molecular weight is 375 g/mol. The third-order valence-corrected chi connectivity index (χ3v) is 4.83. The van der Waals surface area contributed by atoms with Crippen LogP contribution in [0.5, 0.6) is 0 Å². The van der Waals surface area contributed by atoms with E-state index in [-0.39, 0.29) is 4.90 Å². The molecule has 0 unspecified atom stereocenters. The fourth-order valence-corrected chi connectivity index (χ4v) is 3.55. The van der Waals surface area contributed by atoms with E-state index in [1.165, 1.54) is 18.2 Å². The van der Waals surface area contributed by atoms with Gasteiger partial charge in [-0.15, -0.1) is 0 Å². The van der Waals surface area contributed by atoms with Crippen molar-refractivity contribution in [3.05, 3.63) is 64.1 Å². The lowest BCUT2D eigenvalue weighted by atomic mass is 10.1. The third kappa shape index (κ3) is 3.54. The molecular weight excluding hydrogens is 366 g/mol. The largest absolute Gasteiger partial charge is 0.293 e. The number of carbonyl (C=O) groups excluding carboxylic acids is 1. The van der Waals surface area contributed by atoms with Crippen molar-refractivity contribution in [1.82, 2.24) is 0 Å². The van der Waals surface area contributed by atoms with Gasteiger partial charge < -0.3 is 0 Å². The van der Waals surface area contributed by atoms with Gasteiger partial charge >= 0.3 is 0 Å². The first-order valence-corrected chi connectivity index (χ1v) is 8.21. The molecule has 0 spiro atoms. The van der Waals surface area contributed by atoms with Crippen LogP contribution in [-0.2, 0) is 9.84 Å². The van der Waals surface area contributed by atoms with Gasteiger partial charge in [0.25, 0.3) is 0 Å². The molecule has 3 nitrogen and oxygen atoms in total. The van der Waals surface area contributed by atoms with Crippen molar-refractivity contribution < 1.29 is 22.0 Å². The summed E-state index contributed by atoms with van der Waals surface area (Å²) in [6.45, 7) is 0. The molecule has 2 rings (SSSR count). The molecule has 0 saturated carbocycles. The van der Waals surface area contributed by atoms with Crippen molar-refractivity contribution in [1.29, 1.82) is 0 Å². The van der Waals surface area contributed by atoms with E-state index < -0.39 is 38.6 Å². The van der Waals surface area contributed by atoms with Crippen molar-refractivity contribution in [2.75, 3.05) is 5.75 Å². The predicted octanol–water partition coefficient (Wildman–Crippen LogP) is 3.38. The summed E-state index contributed by atoms with van der Waals surface area (Å²) in [6, 6.07) is 8.65. The van der Waals surface area contributed by atoms with Crippen LogP contribution < -0.4 is 0 Å². The average Bonchev–Trinajstić information content (AvgIpc) is 2.37. The number of halogens is 3. The molecular formula is C14H9BrF2O3S. The topological polar surface area (TPSA) is 51.2 Å². The summed E-state index contributed by atoms with van der Waals surface area (Å²) < 4.78 is 51.7. The van der Waals surface area contributed by atoms with Crippen LogP contribution in [-0.4, -0.2) is 20.0 Å². The highest BCUT2D eigenvalue weighted by atomic mass is 79.9. The van der Waals surface area contributed by atoms with E-state index in [4.69, 9.17) is 0 Å². The van der Waals surface area contributed by atoms with Crippen LogP contribution in [0.4, 0.5) is 8.78 Å². The van der Waals surface area contributed by atoms with Gasteiger partial charge in [-0.25, -0.2) is 17.2 Å².